The fourth-order valence-corrected chi connectivity index (χ4v) is 12.5. The van der Waals surface area contributed by atoms with Crippen LogP contribution in [-0.2, 0) is 16.2 Å². The Morgan fingerprint density at radius 1 is 0.368 bits per heavy atom. The molecule has 2 aliphatic heterocycles. The number of nitrogens with zero attached hydrogens (tertiary/aromatic N) is 3. The van der Waals surface area contributed by atoms with Gasteiger partial charge in [-0.15, -0.1) is 0 Å². The second-order valence-corrected chi connectivity index (χ2v) is 23.0. The molecule has 0 spiro atoms. The minimum atomic E-state index is -0.0252. The van der Waals surface area contributed by atoms with Gasteiger partial charge in [-0.2, -0.15) is 0 Å². The van der Waals surface area contributed by atoms with Crippen molar-refractivity contribution in [2.75, 3.05) is 4.90 Å². The molecule has 0 saturated heterocycles. The average Bonchev–Trinajstić information content (AvgIpc) is 3.81. The molecule has 3 aliphatic rings. The molecule has 14 rings (SSSR count). The Morgan fingerprint density at radius 3 is 1.71 bits per heavy atom. The topological polar surface area (TPSA) is 13.1 Å². The zero-order valence-electron chi connectivity index (χ0n) is 40.5. The average molecular weight is 876 g/mol. The monoisotopic (exact) mass is 875 g/mol. The van der Waals surface area contributed by atoms with E-state index >= 15 is 0 Å². The molecule has 9 aromatic carbocycles. The molecule has 0 N–H and O–H groups in total. The Bertz CT molecular complexity index is 4030. The molecule has 0 atom stereocenters. The number of hydrogen-bond acceptors (Lipinski definition) is 1. The van der Waals surface area contributed by atoms with Crippen molar-refractivity contribution in [1.29, 1.82) is 0 Å². The number of anilines is 3. The van der Waals surface area contributed by atoms with Crippen LogP contribution in [0.1, 0.15) is 79.0 Å². The molecule has 0 amide bonds. The molecule has 2 aromatic heterocycles. The molecule has 11 aromatic rings. The lowest BCUT2D eigenvalue weighted by Gasteiger charge is -2.41. The van der Waals surface area contributed by atoms with Crippen LogP contribution in [0.2, 0.25) is 0 Å². The summed E-state index contributed by atoms with van der Waals surface area (Å²) in [5, 5.41) is 7.87. The second kappa shape index (κ2) is 13.2. The minimum Gasteiger partial charge on any atom is -0.311 e. The van der Waals surface area contributed by atoms with Gasteiger partial charge in [-0.3, -0.25) is 0 Å². The number of aromatic nitrogens is 2. The third kappa shape index (κ3) is 5.26. The van der Waals surface area contributed by atoms with E-state index in [-0.39, 0.29) is 23.0 Å². The third-order valence-electron chi connectivity index (χ3n) is 15.9. The van der Waals surface area contributed by atoms with Gasteiger partial charge in [-0.1, -0.05) is 172 Å². The van der Waals surface area contributed by atoms with E-state index in [0.717, 1.165) is 5.69 Å². The summed E-state index contributed by atoms with van der Waals surface area (Å²) in [5.74, 6) is 0. The number of rotatable bonds is 2. The molecule has 0 radical (unpaired) electrons. The van der Waals surface area contributed by atoms with Crippen LogP contribution < -0.4 is 21.3 Å². The van der Waals surface area contributed by atoms with Gasteiger partial charge < -0.3 is 14.0 Å². The van der Waals surface area contributed by atoms with Gasteiger partial charge in [0, 0.05) is 49.8 Å². The maximum Gasteiger partial charge on any atom is 0.252 e. The maximum atomic E-state index is 2.64. The van der Waals surface area contributed by atoms with Gasteiger partial charge in [-0.25, -0.2) is 0 Å². The van der Waals surface area contributed by atoms with Gasteiger partial charge in [0.25, 0.3) is 6.71 Å². The highest BCUT2D eigenvalue weighted by Crippen LogP contribution is 2.51. The lowest BCUT2D eigenvalue weighted by molar-refractivity contribution is 0.590. The van der Waals surface area contributed by atoms with E-state index < -0.39 is 0 Å². The molecule has 0 saturated carbocycles. The van der Waals surface area contributed by atoms with Gasteiger partial charge >= 0.3 is 0 Å². The summed E-state index contributed by atoms with van der Waals surface area (Å²) in [6.45, 7) is 21.0. The van der Waals surface area contributed by atoms with Crippen LogP contribution in [0.4, 0.5) is 17.1 Å². The molecule has 0 fully saturated rings. The molecular formula is C64H54BN3. The predicted octanol–water partition coefficient (Wildman–Crippen LogP) is 15.2. The largest absolute Gasteiger partial charge is 0.311 e. The first kappa shape index (κ1) is 39.8. The van der Waals surface area contributed by atoms with Crippen LogP contribution in [0.15, 0.2) is 164 Å². The fraction of sp³-hybridized carbons (Fsp3) is 0.188. The summed E-state index contributed by atoms with van der Waals surface area (Å²) < 4.78 is 5.22. The van der Waals surface area contributed by atoms with Crippen molar-refractivity contribution in [1.82, 2.24) is 9.13 Å². The van der Waals surface area contributed by atoms with E-state index in [1.54, 1.807) is 0 Å². The smallest absolute Gasteiger partial charge is 0.252 e. The SMILES string of the molecule is CC(C)(C)c1ccc(N2c3ccc(C(C)(C)C)cc3B3c4c2cc(-n2c5cccc6c5c5c7c(cccc7ccc52)-c2ccccc2-6)cc4-n2c4ccc(C(C)(C)C)cc4c4cccc3c42)cc1. The minimum absolute atomic E-state index is 0.0119. The van der Waals surface area contributed by atoms with Crippen molar-refractivity contribution < 1.29 is 0 Å². The molecule has 4 heterocycles. The molecule has 4 heteroatoms. The Balaban J connectivity index is 1.16. The van der Waals surface area contributed by atoms with Gasteiger partial charge in [0.05, 0.1) is 22.2 Å². The number of para-hydroxylation sites is 1. The standard InChI is InChI=1S/C64H54BN3/c1-62(2,3)38-24-28-41(29-25-38)66-52-32-27-40(64(7,8)9)34-50(52)65-49-21-13-20-47-48-33-39(63(4,5)6)26-31-51(48)68(61(47)49)56-36-42(35-55(66)60(56)65)67-53-22-14-19-46-44-17-11-10-16-43(44)45-18-12-15-37-23-30-54(67)59(57(37)45)58(46)53/h10-36H,1-9H3. The van der Waals surface area contributed by atoms with Crippen molar-refractivity contribution in [2.24, 2.45) is 0 Å². The van der Waals surface area contributed by atoms with E-state index in [0.29, 0.717) is 0 Å². The van der Waals surface area contributed by atoms with E-state index in [9.17, 15) is 0 Å². The lowest BCUT2D eigenvalue weighted by Crippen LogP contribution is -2.60. The first-order chi connectivity index (χ1) is 32.6. The van der Waals surface area contributed by atoms with Crippen molar-refractivity contribution >= 4 is 94.5 Å². The highest BCUT2D eigenvalue weighted by atomic mass is 15.2. The molecule has 1 aliphatic carbocycles. The Morgan fingerprint density at radius 2 is 0.971 bits per heavy atom. The maximum absolute atomic E-state index is 2.64. The summed E-state index contributed by atoms with van der Waals surface area (Å²) >= 11 is 0. The summed E-state index contributed by atoms with van der Waals surface area (Å²) in [7, 11) is 0. The van der Waals surface area contributed by atoms with E-state index in [2.05, 4.69) is 240 Å². The lowest BCUT2D eigenvalue weighted by atomic mass is 9.33. The quantitative estimate of drug-likeness (QED) is 0.158. The zero-order chi connectivity index (χ0) is 46.3. The highest BCUT2D eigenvalue weighted by Gasteiger charge is 2.43. The van der Waals surface area contributed by atoms with Crippen LogP contribution in [0.5, 0.6) is 0 Å². The molecular weight excluding hydrogens is 822 g/mol. The van der Waals surface area contributed by atoms with Crippen LogP contribution in [0.25, 0.3) is 88.0 Å². The zero-order valence-corrected chi connectivity index (χ0v) is 40.5. The Kier molecular flexibility index (Phi) is 7.75. The van der Waals surface area contributed by atoms with Crippen molar-refractivity contribution in [3.05, 3.63) is 180 Å². The Hall–Kier alpha value is -7.30. The molecule has 68 heavy (non-hydrogen) atoms. The predicted molar refractivity (Wildman–Crippen MR) is 292 cm³/mol. The van der Waals surface area contributed by atoms with Crippen LogP contribution in [0.3, 0.4) is 0 Å². The van der Waals surface area contributed by atoms with E-state index in [1.165, 1.54) is 132 Å². The summed E-state index contributed by atoms with van der Waals surface area (Å²) in [5.41, 5.74) is 24.4. The van der Waals surface area contributed by atoms with Crippen molar-refractivity contribution in [2.45, 2.75) is 78.6 Å². The van der Waals surface area contributed by atoms with Gasteiger partial charge in [0.15, 0.2) is 0 Å². The van der Waals surface area contributed by atoms with Crippen LogP contribution in [-0.4, -0.2) is 15.8 Å². The first-order valence-electron chi connectivity index (χ1n) is 24.6. The van der Waals surface area contributed by atoms with Gasteiger partial charge in [0.1, 0.15) is 0 Å². The Labute approximate surface area is 399 Å². The molecule has 0 unspecified atom stereocenters. The highest BCUT2D eigenvalue weighted by molar-refractivity contribution is 7.00. The number of fused-ring (bicyclic) bond motifs is 10. The summed E-state index contributed by atoms with van der Waals surface area (Å²) in [6, 6.07) is 63.7. The third-order valence-corrected chi connectivity index (χ3v) is 15.9. The van der Waals surface area contributed by atoms with E-state index in [1.807, 2.05) is 0 Å². The van der Waals surface area contributed by atoms with Crippen molar-refractivity contribution in [3.63, 3.8) is 0 Å². The summed E-state index contributed by atoms with van der Waals surface area (Å²) in [4.78, 5) is 2.59. The number of hydrogen-bond donors (Lipinski definition) is 0. The summed E-state index contributed by atoms with van der Waals surface area (Å²) in [6.07, 6.45) is 0. The molecule has 328 valence electrons. The number of benzene rings is 9. The van der Waals surface area contributed by atoms with Crippen LogP contribution >= 0.6 is 0 Å². The normalized spacial score (nSPS) is 13.9. The van der Waals surface area contributed by atoms with Crippen molar-refractivity contribution in [3.8, 4) is 33.6 Å². The van der Waals surface area contributed by atoms with E-state index in [4.69, 9.17) is 0 Å². The van der Waals surface area contributed by atoms with Crippen LogP contribution in [0, 0.1) is 0 Å². The van der Waals surface area contributed by atoms with Gasteiger partial charge in [0.2, 0.25) is 0 Å². The molecule has 3 nitrogen and oxygen atoms in total. The second-order valence-electron chi connectivity index (χ2n) is 23.0. The first-order valence-corrected chi connectivity index (χ1v) is 24.6. The molecule has 0 bridgehead atoms. The van der Waals surface area contributed by atoms with Gasteiger partial charge in [-0.05, 0) is 137 Å². The fourth-order valence-electron chi connectivity index (χ4n) is 12.5.